The SMILES string of the molecule is CCC(C)C=Nc1c(C)ncnc1N.COC(C)(C)O.CON(C)C(=O)C1CCC(C)O1. The molecule has 10 nitrogen and oxygen atoms in total. The van der Waals surface area contributed by atoms with E-state index in [1.165, 1.54) is 25.6 Å². The van der Waals surface area contributed by atoms with E-state index >= 15 is 0 Å². The number of nitrogens with zero attached hydrogens (tertiary/aromatic N) is 4. The van der Waals surface area contributed by atoms with Gasteiger partial charge in [-0.25, -0.2) is 15.0 Å². The van der Waals surface area contributed by atoms with Crippen LogP contribution in [0.5, 0.6) is 0 Å². The fraction of sp³-hybridized carbons (Fsp3) is 0.727. The van der Waals surface area contributed by atoms with Gasteiger partial charge in [0.25, 0.3) is 5.91 Å². The Morgan fingerprint density at radius 1 is 1.44 bits per heavy atom. The number of aliphatic hydroxyl groups is 1. The Bertz CT molecular complexity index is 688. The van der Waals surface area contributed by atoms with Gasteiger partial charge in [-0.15, -0.1) is 0 Å². The lowest BCUT2D eigenvalue weighted by Gasteiger charge is -2.17. The van der Waals surface area contributed by atoms with Crippen LogP contribution in [0.15, 0.2) is 11.3 Å². The minimum Gasteiger partial charge on any atom is -0.382 e. The number of hydrogen-bond acceptors (Lipinski definition) is 9. The number of nitrogen functional groups attached to an aromatic ring is 1. The standard InChI is InChI=1S/C10H16N4.C8H15NO3.C4H10O2/c1-4-7(2)5-12-9-8(3)13-6-14-10(9)11;1-6-4-5-7(12-6)8(10)9(2)11-3;1-4(2,5)6-3/h5-7H,4H2,1-3H3,(H2,11,13,14);6-7H,4-5H2,1-3H3;5H,1-3H3. The number of hydroxylamine groups is 2. The molecule has 0 saturated carbocycles. The number of aromatic nitrogens is 2. The number of methoxy groups -OCH3 is 1. The first kappa shape index (κ1) is 29.9. The molecule has 10 heteroatoms. The molecule has 0 spiro atoms. The van der Waals surface area contributed by atoms with Crippen LogP contribution in [-0.4, -0.2) is 71.5 Å². The molecule has 0 aliphatic carbocycles. The molecule has 1 aromatic heterocycles. The summed E-state index contributed by atoms with van der Waals surface area (Å²) in [7, 11) is 4.52. The van der Waals surface area contributed by atoms with Crippen molar-refractivity contribution in [1.29, 1.82) is 0 Å². The lowest BCUT2D eigenvalue weighted by atomic mass is 10.1. The second kappa shape index (κ2) is 14.8. The fourth-order valence-corrected chi connectivity index (χ4v) is 2.23. The lowest BCUT2D eigenvalue weighted by Crippen LogP contribution is -2.35. The Kier molecular flexibility index (Phi) is 13.8. The van der Waals surface area contributed by atoms with E-state index in [0.29, 0.717) is 17.4 Å². The molecule has 0 radical (unpaired) electrons. The topological polar surface area (TPSA) is 132 Å². The zero-order valence-corrected chi connectivity index (χ0v) is 21.0. The molecule has 1 amide bonds. The van der Waals surface area contributed by atoms with E-state index < -0.39 is 5.79 Å². The predicted octanol–water partition coefficient (Wildman–Crippen LogP) is 3.05. The predicted molar refractivity (Wildman–Crippen MR) is 125 cm³/mol. The summed E-state index contributed by atoms with van der Waals surface area (Å²) < 4.78 is 9.87. The van der Waals surface area contributed by atoms with Crippen molar-refractivity contribution in [2.75, 3.05) is 27.0 Å². The van der Waals surface area contributed by atoms with Gasteiger partial charge in [-0.1, -0.05) is 13.8 Å². The maximum Gasteiger partial charge on any atom is 0.274 e. The maximum atomic E-state index is 11.4. The van der Waals surface area contributed by atoms with Gasteiger partial charge in [-0.3, -0.25) is 14.6 Å². The summed E-state index contributed by atoms with van der Waals surface area (Å²) >= 11 is 0. The van der Waals surface area contributed by atoms with Crippen molar-refractivity contribution in [1.82, 2.24) is 15.0 Å². The number of hydrogen-bond donors (Lipinski definition) is 2. The molecule has 1 aliphatic heterocycles. The van der Waals surface area contributed by atoms with Crippen LogP contribution in [0.2, 0.25) is 0 Å². The summed E-state index contributed by atoms with van der Waals surface area (Å²) in [5.41, 5.74) is 7.19. The summed E-state index contributed by atoms with van der Waals surface area (Å²) in [4.78, 5) is 28.4. The molecule has 184 valence electrons. The summed E-state index contributed by atoms with van der Waals surface area (Å²) in [6.45, 7) is 11.2. The van der Waals surface area contributed by atoms with Crippen molar-refractivity contribution in [3.05, 3.63) is 12.0 Å². The average molecular weight is 456 g/mol. The molecule has 3 unspecified atom stereocenters. The smallest absolute Gasteiger partial charge is 0.274 e. The van der Waals surface area contributed by atoms with Crippen LogP contribution in [-0.2, 0) is 19.1 Å². The maximum absolute atomic E-state index is 11.4. The Morgan fingerprint density at radius 3 is 2.44 bits per heavy atom. The van der Waals surface area contributed by atoms with Crippen molar-refractivity contribution in [2.24, 2.45) is 10.9 Å². The Hall–Kier alpha value is -2.14. The number of carbonyl (C=O) groups excluding carboxylic acids is 1. The van der Waals surface area contributed by atoms with E-state index in [1.807, 2.05) is 20.1 Å². The number of aliphatic imine (C=N–C) groups is 1. The number of nitrogens with two attached hydrogens (primary N) is 1. The summed E-state index contributed by atoms with van der Waals surface area (Å²) in [6.07, 6.45) is 6.06. The minimum atomic E-state index is -0.958. The highest BCUT2D eigenvalue weighted by atomic mass is 16.7. The number of ether oxygens (including phenoxy) is 2. The highest BCUT2D eigenvalue weighted by Crippen LogP contribution is 2.22. The second-order valence-electron chi connectivity index (χ2n) is 8.04. The average Bonchev–Trinajstić information content (AvgIpc) is 3.18. The van der Waals surface area contributed by atoms with E-state index in [4.69, 9.17) is 20.4 Å². The lowest BCUT2D eigenvalue weighted by molar-refractivity contribution is -0.179. The molecule has 3 N–H and O–H groups in total. The van der Waals surface area contributed by atoms with Gasteiger partial charge in [0.2, 0.25) is 0 Å². The number of aryl methyl sites for hydroxylation is 1. The molecule has 1 aliphatic rings. The van der Waals surface area contributed by atoms with Crippen LogP contribution in [0, 0.1) is 12.8 Å². The van der Waals surface area contributed by atoms with Crippen molar-refractivity contribution in [3.8, 4) is 0 Å². The highest BCUT2D eigenvalue weighted by molar-refractivity contribution is 5.79. The van der Waals surface area contributed by atoms with E-state index in [-0.39, 0.29) is 18.1 Å². The third kappa shape index (κ3) is 12.0. The van der Waals surface area contributed by atoms with Crippen LogP contribution < -0.4 is 5.73 Å². The quantitative estimate of drug-likeness (QED) is 0.380. The molecule has 1 aromatic rings. The van der Waals surface area contributed by atoms with Gasteiger partial charge in [0.1, 0.15) is 18.1 Å². The van der Waals surface area contributed by atoms with E-state index in [0.717, 1.165) is 25.0 Å². The molecule has 2 rings (SSSR count). The van der Waals surface area contributed by atoms with Crippen molar-refractivity contribution in [2.45, 2.75) is 78.8 Å². The summed E-state index contributed by atoms with van der Waals surface area (Å²) in [5, 5.41) is 9.82. The number of anilines is 1. The molecule has 1 saturated heterocycles. The fourth-order valence-electron chi connectivity index (χ4n) is 2.23. The monoisotopic (exact) mass is 455 g/mol. The van der Waals surface area contributed by atoms with Gasteiger partial charge in [-0.2, -0.15) is 0 Å². The van der Waals surface area contributed by atoms with E-state index in [9.17, 15) is 4.79 Å². The largest absolute Gasteiger partial charge is 0.382 e. The first-order chi connectivity index (χ1) is 14.9. The molecule has 2 heterocycles. The molecule has 32 heavy (non-hydrogen) atoms. The zero-order chi connectivity index (χ0) is 24.9. The van der Waals surface area contributed by atoms with Crippen LogP contribution in [0.4, 0.5) is 11.5 Å². The zero-order valence-electron chi connectivity index (χ0n) is 21.0. The molecule has 3 atom stereocenters. The van der Waals surface area contributed by atoms with Crippen LogP contribution in [0.1, 0.15) is 59.6 Å². The van der Waals surface area contributed by atoms with Gasteiger partial charge < -0.3 is 20.3 Å². The van der Waals surface area contributed by atoms with Gasteiger partial charge in [-0.05, 0) is 52.9 Å². The number of carbonyl (C=O) groups is 1. The third-order valence-electron chi connectivity index (χ3n) is 4.73. The second-order valence-corrected chi connectivity index (χ2v) is 8.04. The third-order valence-corrected chi connectivity index (χ3v) is 4.73. The first-order valence-electron chi connectivity index (χ1n) is 10.7. The van der Waals surface area contributed by atoms with Crippen LogP contribution in [0.25, 0.3) is 0 Å². The van der Waals surface area contributed by atoms with Crippen LogP contribution >= 0.6 is 0 Å². The normalized spacial score (nSPS) is 18.9. The van der Waals surface area contributed by atoms with E-state index in [2.05, 4.69) is 33.5 Å². The minimum absolute atomic E-state index is 0.0955. The summed E-state index contributed by atoms with van der Waals surface area (Å²) in [6, 6.07) is 0. The summed E-state index contributed by atoms with van der Waals surface area (Å²) in [5.74, 6) is -0.159. The Balaban J connectivity index is 0.000000487. The van der Waals surface area contributed by atoms with Gasteiger partial charge in [0.05, 0.1) is 18.9 Å². The van der Waals surface area contributed by atoms with Crippen molar-refractivity contribution in [3.63, 3.8) is 0 Å². The molecule has 0 aromatic carbocycles. The number of likely N-dealkylation sites (N-methyl/N-ethyl adjacent to an activating group) is 1. The number of rotatable bonds is 6. The first-order valence-corrected chi connectivity index (χ1v) is 10.7. The molecular weight excluding hydrogens is 414 g/mol. The van der Waals surface area contributed by atoms with Gasteiger partial charge in [0.15, 0.2) is 11.6 Å². The van der Waals surface area contributed by atoms with E-state index in [1.54, 1.807) is 20.9 Å². The van der Waals surface area contributed by atoms with Crippen molar-refractivity contribution < 1.29 is 24.2 Å². The van der Waals surface area contributed by atoms with Crippen molar-refractivity contribution >= 4 is 23.6 Å². The molecular formula is C22H41N5O5. The Labute approximate surface area is 192 Å². The highest BCUT2D eigenvalue weighted by Gasteiger charge is 2.30. The molecule has 0 bridgehead atoms. The molecule has 1 fully saturated rings. The Morgan fingerprint density at radius 2 is 2.03 bits per heavy atom. The van der Waals surface area contributed by atoms with Crippen LogP contribution in [0.3, 0.4) is 0 Å². The van der Waals surface area contributed by atoms with Gasteiger partial charge in [0, 0.05) is 20.4 Å². The number of amides is 1. The van der Waals surface area contributed by atoms with Gasteiger partial charge >= 0.3 is 0 Å².